The largest absolute Gasteiger partial charge is 0.504 e. The van der Waals surface area contributed by atoms with Crippen LogP contribution in [0.3, 0.4) is 0 Å². The third kappa shape index (κ3) is 1.90. The number of hydrogen-bond acceptors (Lipinski definition) is 4. The molecule has 0 radical (unpaired) electrons. The lowest BCUT2D eigenvalue weighted by molar-refractivity contribution is -0.129. The fourth-order valence-electron chi connectivity index (χ4n) is 0.862. The molecule has 1 aromatic rings. The average Bonchev–Trinajstić information content (AvgIpc) is 2.20. The van der Waals surface area contributed by atoms with Crippen molar-refractivity contribution in [3.8, 4) is 17.6 Å². The molecule has 0 saturated heterocycles. The summed E-state index contributed by atoms with van der Waals surface area (Å²) in [6, 6.07) is 6.04. The highest BCUT2D eigenvalue weighted by Crippen LogP contribution is 2.29. The Kier molecular flexibility index (Phi) is 2.87. The molecule has 70 valence electrons. The van der Waals surface area contributed by atoms with Crippen LogP contribution in [-0.4, -0.2) is 11.1 Å². The van der Waals surface area contributed by atoms with E-state index in [2.05, 4.69) is 11.3 Å². The molecule has 0 aromatic heterocycles. The van der Waals surface area contributed by atoms with Crippen LogP contribution in [0.2, 0.25) is 0 Å². The van der Waals surface area contributed by atoms with Gasteiger partial charge in [0.15, 0.2) is 11.5 Å². The smallest absolute Gasteiger partial charge is 0.335 e. The molecule has 0 unspecified atom stereocenters. The van der Waals surface area contributed by atoms with Crippen LogP contribution in [0.25, 0.3) is 0 Å². The van der Waals surface area contributed by atoms with E-state index in [-0.39, 0.29) is 17.1 Å². The Labute approximate surface area is 80.7 Å². The number of esters is 1. The van der Waals surface area contributed by atoms with Gasteiger partial charge < -0.3 is 9.84 Å². The van der Waals surface area contributed by atoms with E-state index in [0.717, 1.165) is 6.08 Å². The lowest BCUT2D eigenvalue weighted by Crippen LogP contribution is -2.04. The number of aromatic hydroxyl groups is 1. The second kappa shape index (κ2) is 4.10. The number of nitriles is 1. The Bertz CT molecular complexity index is 418. The van der Waals surface area contributed by atoms with Crippen LogP contribution in [-0.2, 0) is 4.79 Å². The van der Waals surface area contributed by atoms with Crippen LogP contribution in [0, 0.1) is 11.3 Å². The number of carbonyl (C=O) groups excluding carboxylic acids is 1. The zero-order valence-electron chi connectivity index (χ0n) is 7.23. The van der Waals surface area contributed by atoms with E-state index in [9.17, 15) is 9.90 Å². The molecule has 0 saturated carbocycles. The number of ether oxygens (including phenoxy) is 1. The molecule has 1 rings (SSSR count). The third-order valence-electron chi connectivity index (χ3n) is 1.48. The minimum absolute atomic E-state index is 0.0974. The summed E-state index contributed by atoms with van der Waals surface area (Å²) >= 11 is 0. The molecule has 1 N–H and O–H groups in total. The highest BCUT2D eigenvalue weighted by Gasteiger charge is 2.11. The molecule has 0 amide bonds. The predicted molar refractivity (Wildman–Crippen MR) is 48.7 cm³/mol. The first kappa shape index (κ1) is 9.81. The summed E-state index contributed by atoms with van der Waals surface area (Å²) in [6.07, 6.45) is 0.952. The maximum absolute atomic E-state index is 10.8. The monoisotopic (exact) mass is 189 g/mol. The number of para-hydroxylation sites is 1. The first-order valence-electron chi connectivity index (χ1n) is 3.75. The molecule has 0 spiro atoms. The Morgan fingerprint density at radius 1 is 1.64 bits per heavy atom. The zero-order valence-corrected chi connectivity index (χ0v) is 7.23. The van der Waals surface area contributed by atoms with E-state index in [1.165, 1.54) is 18.2 Å². The van der Waals surface area contributed by atoms with Crippen molar-refractivity contribution < 1.29 is 14.6 Å². The first-order chi connectivity index (χ1) is 6.69. The van der Waals surface area contributed by atoms with E-state index in [1.807, 2.05) is 0 Å². The van der Waals surface area contributed by atoms with Crippen LogP contribution in [0.5, 0.6) is 11.5 Å². The SMILES string of the molecule is C=CC(=O)Oc1c(O)cccc1C#N. The molecular formula is C10H7NO3. The van der Waals surface area contributed by atoms with Gasteiger partial charge in [-0.2, -0.15) is 5.26 Å². The van der Waals surface area contributed by atoms with Gasteiger partial charge >= 0.3 is 5.97 Å². The fraction of sp³-hybridized carbons (Fsp3) is 0. The second-order valence-corrected chi connectivity index (χ2v) is 2.39. The molecule has 0 bridgehead atoms. The molecule has 0 aliphatic rings. The number of rotatable bonds is 2. The van der Waals surface area contributed by atoms with E-state index < -0.39 is 5.97 Å². The van der Waals surface area contributed by atoms with Crippen LogP contribution < -0.4 is 4.74 Å². The minimum atomic E-state index is -0.719. The normalized spacial score (nSPS) is 8.79. The Morgan fingerprint density at radius 2 is 2.36 bits per heavy atom. The molecular weight excluding hydrogens is 182 g/mol. The van der Waals surface area contributed by atoms with Crippen molar-refractivity contribution in [2.45, 2.75) is 0 Å². The average molecular weight is 189 g/mol. The van der Waals surface area contributed by atoms with Gasteiger partial charge in [0.2, 0.25) is 0 Å². The van der Waals surface area contributed by atoms with Crippen molar-refractivity contribution in [2.24, 2.45) is 0 Å². The van der Waals surface area contributed by atoms with Gasteiger partial charge in [-0.25, -0.2) is 4.79 Å². The van der Waals surface area contributed by atoms with Crippen LogP contribution >= 0.6 is 0 Å². The Hall–Kier alpha value is -2.28. The molecule has 0 aliphatic heterocycles. The van der Waals surface area contributed by atoms with Gasteiger partial charge in [0, 0.05) is 6.08 Å². The van der Waals surface area contributed by atoms with Crippen molar-refractivity contribution in [3.63, 3.8) is 0 Å². The van der Waals surface area contributed by atoms with Crippen LogP contribution in [0.15, 0.2) is 30.9 Å². The van der Waals surface area contributed by atoms with Gasteiger partial charge in [0.1, 0.15) is 6.07 Å². The number of benzene rings is 1. The van der Waals surface area contributed by atoms with E-state index >= 15 is 0 Å². The van der Waals surface area contributed by atoms with E-state index in [1.54, 1.807) is 6.07 Å². The lowest BCUT2D eigenvalue weighted by Gasteiger charge is -2.04. The summed E-state index contributed by atoms with van der Waals surface area (Å²) < 4.78 is 4.69. The Balaban J connectivity index is 3.12. The van der Waals surface area contributed by atoms with Crippen LogP contribution in [0.4, 0.5) is 0 Å². The van der Waals surface area contributed by atoms with Crippen molar-refractivity contribution in [1.82, 2.24) is 0 Å². The van der Waals surface area contributed by atoms with Crippen LogP contribution in [0.1, 0.15) is 5.56 Å². The predicted octanol–water partition coefficient (Wildman–Crippen LogP) is 1.36. The maximum Gasteiger partial charge on any atom is 0.335 e. The quantitative estimate of drug-likeness (QED) is 0.433. The maximum atomic E-state index is 10.8. The first-order valence-corrected chi connectivity index (χ1v) is 3.75. The molecule has 14 heavy (non-hydrogen) atoms. The summed E-state index contributed by atoms with van der Waals surface area (Å²) in [4.78, 5) is 10.8. The topological polar surface area (TPSA) is 70.3 Å². The number of phenolic OH excluding ortho intramolecular Hbond substituents is 1. The zero-order chi connectivity index (χ0) is 10.6. The van der Waals surface area contributed by atoms with Gasteiger partial charge in [-0.05, 0) is 12.1 Å². The number of nitrogens with zero attached hydrogens (tertiary/aromatic N) is 1. The van der Waals surface area contributed by atoms with Crippen molar-refractivity contribution in [3.05, 3.63) is 36.4 Å². The standard InChI is InChI=1S/C10H7NO3/c1-2-9(13)14-10-7(6-11)4-3-5-8(10)12/h2-5,12H,1H2. The number of phenols is 1. The van der Waals surface area contributed by atoms with Gasteiger partial charge in [-0.3, -0.25) is 0 Å². The fourth-order valence-corrected chi connectivity index (χ4v) is 0.862. The molecule has 4 heteroatoms. The van der Waals surface area contributed by atoms with Gasteiger partial charge in [-0.15, -0.1) is 0 Å². The summed E-state index contributed by atoms with van der Waals surface area (Å²) in [6.45, 7) is 3.20. The molecule has 0 fully saturated rings. The lowest BCUT2D eigenvalue weighted by atomic mass is 10.2. The second-order valence-electron chi connectivity index (χ2n) is 2.39. The van der Waals surface area contributed by atoms with Crippen molar-refractivity contribution >= 4 is 5.97 Å². The minimum Gasteiger partial charge on any atom is -0.504 e. The van der Waals surface area contributed by atoms with E-state index in [0.29, 0.717) is 0 Å². The summed E-state index contributed by atoms with van der Waals surface area (Å²) in [5, 5.41) is 18.0. The van der Waals surface area contributed by atoms with Crippen molar-refractivity contribution in [2.75, 3.05) is 0 Å². The highest BCUT2D eigenvalue weighted by atomic mass is 16.5. The molecule has 1 aromatic carbocycles. The van der Waals surface area contributed by atoms with E-state index in [4.69, 9.17) is 5.26 Å². The molecule has 0 atom stereocenters. The summed E-state index contributed by atoms with van der Waals surface area (Å²) in [7, 11) is 0. The number of hydrogen-bond donors (Lipinski definition) is 1. The van der Waals surface area contributed by atoms with Crippen molar-refractivity contribution in [1.29, 1.82) is 5.26 Å². The highest BCUT2D eigenvalue weighted by molar-refractivity contribution is 5.84. The summed E-state index contributed by atoms with van der Waals surface area (Å²) in [5.41, 5.74) is 0.0974. The Morgan fingerprint density at radius 3 is 2.93 bits per heavy atom. The van der Waals surface area contributed by atoms with Gasteiger partial charge in [0.05, 0.1) is 5.56 Å². The third-order valence-corrected chi connectivity index (χ3v) is 1.48. The molecule has 4 nitrogen and oxygen atoms in total. The molecule has 0 heterocycles. The summed E-state index contributed by atoms with van der Waals surface area (Å²) in [5.74, 6) is -1.11. The number of carbonyl (C=O) groups is 1. The molecule has 0 aliphatic carbocycles. The van der Waals surface area contributed by atoms with Gasteiger partial charge in [0.25, 0.3) is 0 Å². The van der Waals surface area contributed by atoms with Gasteiger partial charge in [-0.1, -0.05) is 12.6 Å².